The van der Waals surface area contributed by atoms with Gasteiger partial charge in [-0.15, -0.1) is 0 Å². The number of nitro benzene ring substituents is 1. The Morgan fingerprint density at radius 1 is 1.50 bits per heavy atom. The first-order valence-corrected chi connectivity index (χ1v) is 6.65. The van der Waals surface area contributed by atoms with Gasteiger partial charge in [-0.25, -0.2) is 4.68 Å². The number of nitrogens with zero attached hydrogens (tertiary/aromatic N) is 3. The molecular formula is C14H16N4O2. The summed E-state index contributed by atoms with van der Waals surface area (Å²) < 4.78 is 1.78. The van der Waals surface area contributed by atoms with Crippen molar-refractivity contribution in [1.29, 1.82) is 0 Å². The van der Waals surface area contributed by atoms with Crippen LogP contribution in [0.5, 0.6) is 0 Å². The molecule has 0 bridgehead atoms. The van der Waals surface area contributed by atoms with E-state index >= 15 is 0 Å². The van der Waals surface area contributed by atoms with Gasteiger partial charge in [0.2, 0.25) is 0 Å². The van der Waals surface area contributed by atoms with Crippen molar-refractivity contribution in [3.8, 4) is 5.69 Å². The average molecular weight is 272 g/mol. The topological polar surface area (TPSA) is 87.0 Å². The molecule has 2 aromatic rings. The number of aromatic nitrogens is 2. The second-order valence-corrected chi connectivity index (χ2v) is 5.19. The zero-order valence-electron chi connectivity index (χ0n) is 11.2. The fourth-order valence-corrected chi connectivity index (χ4v) is 2.74. The number of hydrogen-bond acceptors (Lipinski definition) is 4. The fourth-order valence-electron chi connectivity index (χ4n) is 2.74. The highest BCUT2D eigenvalue weighted by molar-refractivity contribution is 5.49. The largest absolute Gasteiger partial charge is 0.324 e. The number of nitrogens with two attached hydrogens (primary N) is 1. The van der Waals surface area contributed by atoms with Gasteiger partial charge in [-0.2, -0.15) is 5.10 Å². The van der Waals surface area contributed by atoms with Crippen molar-refractivity contribution in [2.24, 2.45) is 5.73 Å². The molecule has 1 heterocycles. The van der Waals surface area contributed by atoms with Crippen LogP contribution in [0.1, 0.15) is 35.7 Å². The van der Waals surface area contributed by atoms with Crippen LogP contribution in [0.15, 0.2) is 24.4 Å². The van der Waals surface area contributed by atoms with E-state index in [9.17, 15) is 10.1 Å². The first-order valence-electron chi connectivity index (χ1n) is 6.65. The molecular weight excluding hydrogens is 256 g/mol. The molecule has 0 amide bonds. The molecule has 1 atom stereocenters. The number of hydrogen-bond donors (Lipinski definition) is 1. The predicted molar refractivity (Wildman–Crippen MR) is 74.8 cm³/mol. The van der Waals surface area contributed by atoms with Crippen LogP contribution in [-0.4, -0.2) is 14.7 Å². The summed E-state index contributed by atoms with van der Waals surface area (Å²) in [7, 11) is 0. The SMILES string of the molecule is Cc1ccc(-n2ncc3c2CCCC3N)cc1[N+](=O)[O-]. The quantitative estimate of drug-likeness (QED) is 0.671. The van der Waals surface area contributed by atoms with E-state index in [0.717, 1.165) is 36.2 Å². The van der Waals surface area contributed by atoms with E-state index in [4.69, 9.17) is 5.73 Å². The number of nitro groups is 1. The van der Waals surface area contributed by atoms with Gasteiger partial charge in [-0.1, -0.05) is 6.07 Å². The third-order valence-electron chi connectivity index (χ3n) is 3.86. The molecule has 1 aliphatic carbocycles. The number of rotatable bonds is 2. The van der Waals surface area contributed by atoms with Crippen LogP contribution in [0.3, 0.4) is 0 Å². The van der Waals surface area contributed by atoms with Crippen LogP contribution in [0.2, 0.25) is 0 Å². The minimum Gasteiger partial charge on any atom is -0.324 e. The summed E-state index contributed by atoms with van der Waals surface area (Å²) in [5.41, 5.74) is 9.69. The summed E-state index contributed by atoms with van der Waals surface area (Å²) in [6, 6.07) is 5.20. The van der Waals surface area contributed by atoms with E-state index in [1.54, 1.807) is 29.9 Å². The van der Waals surface area contributed by atoms with Crippen LogP contribution >= 0.6 is 0 Å². The van der Waals surface area contributed by atoms with E-state index in [0.29, 0.717) is 5.56 Å². The van der Waals surface area contributed by atoms with Crippen molar-refractivity contribution in [2.75, 3.05) is 0 Å². The van der Waals surface area contributed by atoms with E-state index < -0.39 is 0 Å². The van der Waals surface area contributed by atoms with Crippen molar-refractivity contribution in [3.63, 3.8) is 0 Å². The van der Waals surface area contributed by atoms with Gasteiger partial charge in [0, 0.05) is 28.9 Å². The maximum absolute atomic E-state index is 11.0. The lowest BCUT2D eigenvalue weighted by Crippen LogP contribution is -2.18. The molecule has 6 nitrogen and oxygen atoms in total. The molecule has 1 aliphatic rings. The summed E-state index contributed by atoms with van der Waals surface area (Å²) in [6.45, 7) is 1.73. The van der Waals surface area contributed by atoms with Gasteiger partial charge < -0.3 is 5.73 Å². The maximum Gasteiger partial charge on any atom is 0.274 e. The summed E-state index contributed by atoms with van der Waals surface area (Å²) in [5, 5.41) is 15.4. The Hall–Kier alpha value is -2.21. The Bertz CT molecular complexity index is 678. The van der Waals surface area contributed by atoms with Crippen LogP contribution in [0, 0.1) is 17.0 Å². The first-order chi connectivity index (χ1) is 9.58. The minimum atomic E-state index is -0.361. The molecule has 3 rings (SSSR count). The molecule has 1 aromatic heterocycles. The molecule has 0 saturated carbocycles. The predicted octanol–water partition coefficient (Wildman–Crippen LogP) is 2.43. The molecule has 0 saturated heterocycles. The Morgan fingerprint density at radius 3 is 3.05 bits per heavy atom. The second kappa shape index (κ2) is 4.72. The van der Waals surface area contributed by atoms with Gasteiger partial charge in [-0.05, 0) is 32.3 Å². The lowest BCUT2D eigenvalue weighted by atomic mass is 9.94. The van der Waals surface area contributed by atoms with E-state index in [2.05, 4.69) is 5.10 Å². The summed E-state index contributed by atoms with van der Waals surface area (Å²) >= 11 is 0. The molecule has 2 N–H and O–H groups in total. The molecule has 0 aliphatic heterocycles. The zero-order chi connectivity index (χ0) is 14.3. The van der Waals surface area contributed by atoms with Gasteiger partial charge in [0.05, 0.1) is 16.8 Å². The lowest BCUT2D eigenvalue weighted by Gasteiger charge is -2.19. The molecule has 1 aromatic carbocycles. The van der Waals surface area contributed by atoms with E-state index in [1.807, 2.05) is 6.07 Å². The molecule has 20 heavy (non-hydrogen) atoms. The zero-order valence-corrected chi connectivity index (χ0v) is 11.2. The van der Waals surface area contributed by atoms with Crippen LogP contribution in [0.25, 0.3) is 5.69 Å². The highest BCUT2D eigenvalue weighted by atomic mass is 16.6. The Morgan fingerprint density at radius 2 is 2.30 bits per heavy atom. The molecule has 1 unspecified atom stereocenters. The maximum atomic E-state index is 11.0. The Balaban J connectivity index is 2.10. The van der Waals surface area contributed by atoms with Gasteiger partial charge in [-0.3, -0.25) is 10.1 Å². The van der Waals surface area contributed by atoms with Gasteiger partial charge >= 0.3 is 0 Å². The van der Waals surface area contributed by atoms with E-state index in [-0.39, 0.29) is 16.7 Å². The monoisotopic (exact) mass is 272 g/mol. The van der Waals surface area contributed by atoms with Crippen molar-refractivity contribution in [3.05, 3.63) is 51.3 Å². The van der Waals surface area contributed by atoms with Crippen molar-refractivity contribution in [2.45, 2.75) is 32.2 Å². The number of aryl methyl sites for hydroxylation is 1. The lowest BCUT2D eigenvalue weighted by molar-refractivity contribution is -0.385. The third-order valence-corrected chi connectivity index (χ3v) is 3.86. The van der Waals surface area contributed by atoms with E-state index in [1.165, 1.54) is 0 Å². The number of benzene rings is 1. The summed E-state index contributed by atoms with van der Waals surface area (Å²) in [6.07, 6.45) is 4.68. The summed E-state index contributed by atoms with van der Waals surface area (Å²) in [4.78, 5) is 10.7. The smallest absolute Gasteiger partial charge is 0.274 e. The third kappa shape index (κ3) is 1.98. The van der Waals surface area contributed by atoms with Crippen LogP contribution in [0.4, 0.5) is 5.69 Å². The first kappa shape index (κ1) is 12.8. The average Bonchev–Trinajstić information content (AvgIpc) is 2.84. The van der Waals surface area contributed by atoms with Gasteiger partial charge in [0.15, 0.2) is 0 Å². The van der Waals surface area contributed by atoms with Gasteiger partial charge in [0.25, 0.3) is 5.69 Å². The molecule has 0 radical (unpaired) electrons. The normalized spacial score (nSPS) is 17.8. The molecule has 104 valence electrons. The van der Waals surface area contributed by atoms with Gasteiger partial charge in [0.1, 0.15) is 0 Å². The molecule has 6 heteroatoms. The van der Waals surface area contributed by atoms with Crippen LogP contribution < -0.4 is 5.73 Å². The standard InChI is InChI=1S/C14H16N4O2/c1-9-5-6-10(7-14(9)18(19)20)17-13-4-2-3-12(15)11(13)8-16-17/h5-8,12H,2-4,15H2,1H3. The second-order valence-electron chi connectivity index (χ2n) is 5.19. The molecule has 0 fully saturated rings. The summed E-state index contributed by atoms with van der Waals surface area (Å²) in [5.74, 6) is 0. The Kier molecular flexibility index (Phi) is 3.02. The Labute approximate surface area is 116 Å². The van der Waals surface area contributed by atoms with Crippen LogP contribution in [-0.2, 0) is 6.42 Å². The highest BCUT2D eigenvalue weighted by Crippen LogP contribution is 2.30. The van der Waals surface area contributed by atoms with Crippen molar-refractivity contribution < 1.29 is 4.92 Å². The number of fused-ring (bicyclic) bond motifs is 1. The minimum absolute atomic E-state index is 0.0212. The fraction of sp³-hybridized carbons (Fsp3) is 0.357. The molecule has 0 spiro atoms. The highest BCUT2D eigenvalue weighted by Gasteiger charge is 2.22. The van der Waals surface area contributed by atoms with Crippen molar-refractivity contribution in [1.82, 2.24) is 9.78 Å². The van der Waals surface area contributed by atoms with Crippen molar-refractivity contribution >= 4 is 5.69 Å².